The monoisotopic (exact) mass is 395 g/mol. The molecule has 2 rings (SSSR count). The van der Waals surface area contributed by atoms with Gasteiger partial charge >= 0.3 is 5.97 Å². The Bertz CT molecular complexity index is 664. The van der Waals surface area contributed by atoms with Crippen LogP contribution in [0.5, 0.6) is 0 Å². The summed E-state index contributed by atoms with van der Waals surface area (Å²) in [6.45, 7) is 18.0. The van der Waals surface area contributed by atoms with Crippen LogP contribution in [0, 0.1) is 11.8 Å². The van der Waals surface area contributed by atoms with Gasteiger partial charge in [-0.1, -0.05) is 40.3 Å². The molecule has 0 aliphatic carbocycles. The van der Waals surface area contributed by atoms with Crippen molar-refractivity contribution in [1.29, 1.82) is 0 Å². The number of aliphatic hydroxyl groups excluding tert-OH is 1. The molecule has 3 unspecified atom stereocenters. The van der Waals surface area contributed by atoms with Crippen LogP contribution in [-0.4, -0.2) is 55.6 Å². The van der Waals surface area contributed by atoms with Crippen molar-refractivity contribution in [2.45, 2.75) is 64.9 Å². The van der Waals surface area contributed by atoms with Gasteiger partial charge in [0.05, 0.1) is 24.7 Å². The third kappa shape index (κ3) is 3.64. The molecule has 1 saturated heterocycles. The van der Waals surface area contributed by atoms with Crippen LogP contribution in [0.25, 0.3) is 0 Å². The largest absolute Gasteiger partial charge is 0.457 e. The van der Waals surface area contributed by atoms with Crippen molar-refractivity contribution in [2.24, 2.45) is 11.8 Å². The first-order valence-electron chi connectivity index (χ1n) is 9.51. The van der Waals surface area contributed by atoms with Crippen molar-refractivity contribution in [3.8, 4) is 0 Å². The van der Waals surface area contributed by atoms with Gasteiger partial charge in [-0.2, -0.15) is 0 Å². The molecule has 0 aromatic carbocycles. The van der Waals surface area contributed by atoms with Gasteiger partial charge < -0.3 is 19.2 Å². The van der Waals surface area contributed by atoms with E-state index in [4.69, 9.17) is 9.16 Å². The lowest BCUT2D eigenvalue weighted by Crippen LogP contribution is -2.65. The van der Waals surface area contributed by atoms with Gasteiger partial charge in [0.1, 0.15) is 12.3 Å². The average molecular weight is 396 g/mol. The highest BCUT2D eigenvalue weighted by molar-refractivity contribution is 6.74. The Balaban J connectivity index is 2.23. The molecule has 1 N–H and O–H groups in total. The second-order valence-corrected chi connectivity index (χ2v) is 13.8. The summed E-state index contributed by atoms with van der Waals surface area (Å²) in [7, 11) is -2.03. The summed E-state index contributed by atoms with van der Waals surface area (Å²) < 4.78 is 11.6. The number of esters is 1. The lowest BCUT2D eigenvalue weighted by atomic mass is 9.78. The number of fused-ring (bicyclic) bond motifs is 1. The van der Waals surface area contributed by atoms with Crippen LogP contribution in [0.2, 0.25) is 18.1 Å². The summed E-state index contributed by atoms with van der Waals surface area (Å²) in [5.41, 5.74) is 0.752. The fourth-order valence-electron chi connectivity index (χ4n) is 3.75. The van der Waals surface area contributed by atoms with Crippen molar-refractivity contribution >= 4 is 20.2 Å². The smallest absolute Gasteiger partial charge is 0.355 e. The third-order valence-corrected chi connectivity index (χ3v) is 10.9. The first kappa shape index (κ1) is 21.9. The maximum atomic E-state index is 12.9. The van der Waals surface area contributed by atoms with Gasteiger partial charge in [0.2, 0.25) is 5.91 Å². The van der Waals surface area contributed by atoms with Gasteiger partial charge in [-0.25, -0.2) is 4.79 Å². The van der Waals surface area contributed by atoms with Crippen molar-refractivity contribution in [2.75, 3.05) is 13.2 Å². The molecule has 152 valence electrons. The molecule has 6 nitrogen and oxygen atoms in total. The summed E-state index contributed by atoms with van der Waals surface area (Å²) in [6, 6.07) is -0.175. The molecule has 0 spiro atoms. The maximum absolute atomic E-state index is 12.9. The Kier molecular flexibility index (Phi) is 6.09. The topological polar surface area (TPSA) is 76.1 Å². The van der Waals surface area contributed by atoms with Gasteiger partial charge in [-0.15, -0.1) is 0 Å². The van der Waals surface area contributed by atoms with Crippen molar-refractivity contribution in [1.82, 2.24) is 4.90 Å². The van der Waals surface area contributed by atoms with E-state index in [-0.39, 0.29) is 53.8 Å². The van der Waals surface area contributed by atoms with Crippen LogP contribution in [0.1, 0.15) is 34.6 Å². The second kappa shape index (κ2) is 7.52. The van der Waals surface area contributed by atoms with Crippen LogP contribution < -0.4 is 0 Å². The Labute approximate surface area is 163 Å². The van der Waals surface area contributed by atoms with E-state index in [1.165, 1.54) is 11.0 Å². The molecule has 27 heavy (non-hydrogen) atoms. The molecular formula is C20H33NO5Si. The van der Waals surface area contributed by atoms with E-state index >= 15 is 0 Å². The predicted molar refractivity (Wildman–Crippen MR) is 106 cm³/mol. The van der Waals surface area contributed by atoms with Crippen LogP contribution in [-0.2, 0) is 18.8 Å². The van der Waals surface area contributed by atoms with E-state index in [1.54, 1.807) is 0 Å². The lowest BCUT2D eigenvalue weighted by molar-refractivity contribution is -0.163. The number of hydrogen-bond donors (Lipinski definition) is 1. The number of aliphatic hydroxyl groups is 1. The molecule has 0 saturated carbocycles. The Hall–Kier alpha value is -1.44. The van der Waals surface area contributed by atoms with E-state index in [2.05, 4.69) is 40.4 Å². The summed E-state index contributed by atoms with van der Waals surface area (Å²) in [4.78, 5) is 26.9. The molecule has 0 aromatic heterocycles. The van der Waals surface area contributed by atoms with Gasteiger partial charge in [0.25, 0.3) is 0 Å². The SMILES string of the molecule is C=CCOC(=O)C1=C(CO)C(C)C2C([C@@H](C)O[Si](C)(C)C(C)(C)C)C(=O)N12. The fraction of sp³-hybridized carbons (Fsp3) is 0.700. The summed E-state index contributed by atoms with van der Waals surface area (Å²) >= 11 is 0. The Morgan fingerprint density at radius 1 is 1.41 bits per heavy atom. The number of nitrogens with zero attached hydrogens (tertiary/aromatic N) is 1. The van der Waals surface area contributed by atoms with Crippen LogP contribution >= 0.6 is 0 Å². The zero-order valence-electron chi connectivity index (χ0n) is 17.5. The van der Waals surface area contributed by atoms with E-state index in [0.717, 1.165) is 0 Å². The zero-order chi connectivity index (χ0) is 20.7. The Morgan fingerprint density at radius 3 is 2.48 bits per heavy atom. The van der Waals surface area contributed by atoms with Crippen LogP contribution in [0.15, 0.2) is 23.9 Å². The summed E-state index contributed by atoms with van der Waals surface area (Å²) in [5.74, 6) is -1.15. The van der Waals surface area contributed by atoms with Crippen LogP contribution in [0.3, 0.4) is 0 Å². The number of rotatable bonds is 7. The molecule has 2 aliphatic heterocycles. The molecule has 0 radical (unpaired) electrons. The van der Waals surface area contributed by atoms with Gasteiger partial charge in [0, 0.05) is 5.92 Å². The number of carbonyl (C=O) groups is 2. The predicted octanol–water partition coefficient (Wildman–Crippen LogP) is 2.85. The van der Waals surface area contributed by atoms with E-state index in [1.807, 2.05) is 13.8 Å². The fourth-order valence-corrected chi connectivity index (χ4v) is 5.18. The summed E-state index contributed by atoms with van der Waals surface area (Å²) in [6.07, 6.45) is 1.23. The minimum Gasteiger partial charge on any atom is -0.457 e. The van der Waals surface area contributed by atoms with Crippen molar-refractivity contribution < 1.29 is 23.9 Å². The number of amides is 1. The highest BCUT2D eigenvalue weighted by Gasteiger charge is 2.61. The second-order valence-electron chi connectivity index (χ2n) is 9.02. The molecule has 7 heteroatoms. The lowest BCUT2D eigenvalue weighted by Gasteiger charge is -2.50. The molecule has 1 amide bonds. The third-order valence-electron chi connectivity index (χ3n) is 6.28. The van der Waals surface area contributed by atoms with Gasteiger partial charge in [-0.05, 0) is 30.6 Å². The first-order valence-corrected chi connectivity index (χ1v) is 12.4. The molecule has 4 atom stereocenters. The zero-order valence-corrected chi connectivity index (χ0v) is 18.5. The number of ether oxygens (including phenoxy) is 1. The van der Waals surface area contributed by atoms with E-state index in [0.29, 0.717) is 5.57 Å². The van der Waals surface area contributed by atoms with E-state index < -0.39 is 14.3 Å². The number of β-lactam (4-membered cyclic amide) rings is 1. The first-order chi connectivity index (χ1) is 12.4. The quantitative estimate of drug-likeness (QED) is 0.310. The number of hydrogen-bond acceptors (Lipinski definition) is 5. The van der Waals surface area contributed by atoms with Gasteiger partial charge in [-0.3, -0.25) is 4.79 Å². The normalized spacial score (nSPS) is 26.6. The highest BCUT2D eigenvalue weighted by Crippen LogP contribution is 2.49. The van der Waals surface area contributed by atoms with Crippen molar-refractivity contribution in [3.63, 3.8) is 0 Å². The molecule has 2 aliphatic rings. The molecule has 0 bridgehead atoms. The minimum absolute atomic E-state index is 0.0448. The van der Waals surface area contributed by atoms with Crippen molar-refractivity contribution in [3.05, 3.63) is 23.9 Å². The number of carbonyl (C=O) groups excluding carboxylic acids is 2. The molecule has 1 fully saturated rings. The Morgan fingerprint density at radius 2 is 2.00 bits per heavy atom. The highest BCUT2D eigenvalue weighted by atomic mass is 28.4. The van der Waals surface area contributed by atoms with E-state index in [9.17, 15) is 14.7 Å². The van der Waals surface area contributed by atoms with Crippen LogP contribution in [0.4, 0.5) is 0 Å². The van der Waals surface area contributed by atoms with Gasteiger partial charge in [0.15, 0.2) is 8.32 Å². The standard InChI is InChI=1S/C20H33NO5Si/c1-9-10-25-19(24)17-14(11-22)12(2)16-15(18(23)21(16)17)13(3)26-27(7,8)20(4,5)6/h9,12-13,15-16,22H,1,10-11H2,2-8H3/t12?,13-,15?,16?/m1/s1. The minimum atomic E-state index is -2.03. The summed E-state index contributed by atoms with van der Waals surface area (Å²) in [5, 5.41) is 9.85. The molecular weight excluding hydrogens is 362 g/mol. The molecule has 0 aromatic rings. The maximum Gasteiger partial charge on any atom is 0.355 e. The average Bonchev–Trinajstić information content (AvgIpc) is 2.79. The molecule has 2 heterocycles.